The fourth-order valence-electron chi connectivity index (χ4n) is 3.53. The summed E-state index contributed by atoms with van der Waals surface area (Å²) in [7, 11) is 0. The molecule has 0 saturated heterocycles. The Bertz CT molecular complexity index is 938. The summed E-state index contributed by atoms with van der Waals surface area (Å²) in [6.45, 7) is 12.4. The third kappa shape index (κ3) is 5.73. The van der Waals surface area contributed by atoms with Gasteiger partial charge in [-0.2, -0.15) is 0 Å². The number of nitrogens with one attached hydrogen (secondary N) is 1. The Balaban J connectivity index is 2.00. The van der Waals surface area contributed by atoms with Gasteiger partial charge in [0.15, 0.2) is 5.65 Å². The van der Waals surface area contributed by atoms with E-state index in [1.54, 1.807) is 0 Å². The molecule has 0 aliphatic rings. The maximum Gasteiger partial charge on any atom is 0.209 e. The predicted octanol–water partition coefficient (Wildman–Crippen LogP) is 5.40. The zero-order valence-corrected chi connectivity index (χ0v) is 20.0. The molecule has 30 heavy (non-hydrogen) atoms. The maximum atomic E-state index is 5.81. The molecule has 162 valence electrons. The van der Waals surface area contributed by atoms with Gasteiger partial charge < -0.3 is 16.0 Å². The van der Waals surface area contributed by atoms with Gasteiger partial charge in [0.05, 0.1) is 0 Å². The van der Waals surface area contributed by atoms with Crippen LogP contribution >= 0.6 is 15.9 Å². The van der Waals surface area contributed by atoms with E-state index in [0.717, 1.165) is 59.1 Å². The number of halogens is 1. The Labute approximate surface area is 188 Å². The summed E-state index contributed by atoms with van der Waals surface area (Å²) >= 11 is 3.49. The first-order valence-corrected chi connectivity index (χ1v) is 11.5. The van der Waals surface area contributed by atoms with Crippen molar-refractivity contribution >= 4 is 44.5 Å². The molecular weight excluding hydrogens is 440 g/mol. The second-order valence-corrected chi connectivity index (χ2v) is 9.48. The predicted molar refractivity (Wildman–Crippen MR) is 131 cm³/mol. The Hall–Kier alpha value is -2.12. The molecule has 6 nitrogen and oxygen atoms in total. The molecule has 2 heterocycles. The zero-order valence-electron chi connectivity index (χ0n) is 18.4. The second kappa shape index (κ2) is 10.3. The Morgan fingerprint density at radius 2 is 1.67 bits per heavy atom. The van der Waals surface area contributed by atoms with Crippen LogP contribution in [0.1, 0.15) is 34.1 Å². The molecule has 3 rings (SSSR count). The van der Waals surface area contributed by atoms with E-state index in [9.17, 15) is 0 Å². The Morgan fingerprint density at radius 3 is 2.27 bits per heavy atom. The zero-order chi connectivity index (χ0) is 21.7. The molecule has 0 fully saturated rings. The van der Waals surface area contributed by atoms with Crippen molar-refractivity contribution < 1.29 is 0 Å². The number of aromatic nitrogens is 3. The first kappa shape index (κ1) is 22.6. The smallest absolute Gasteiger partial charge is 0.209 e. The molecule has 0 bridgehead atoms. The van der Waals surface area contributed by atoms with Crippen LogP contribution in [-0.2, 0) is 6.54 Å². The van der Waals surface area contributed by atoms with Gasteiger partial charge >= 0.3 is 0 Å². The van der Waals surface area contributed by atoms with Gasteiger partial charge in [-0.05, 0) is 61.2 Å². The van der Waals surface area contributed by atoms with Crippen molar-refractivity contribution in [2.45, 2.75) is 40.7 Å². The minimum atomic E-state index is 0.568. The highest BCUT2D eigenvalue weighted by Gasteiger charge is 2.17. The third-order valence-corrected chi connectivity index (χ3v) is 5.29. The second-order valence-electron chi connectivity index (χ2n) is 8.57. The molecule has 0 spiro atoms. The van der Waals surface area contributed by atoms with E-state index in [1.807, 2.05) is 24.3 Å². The van der Waals surface area contributed by atoms with Gasteiger partial charge in [0, 0.05) is 29.8 Å². The van der Waals surface area contributed by atoms with Crippen molar-refractivity contribution in [1.82, 2.24) is 14.5 Å². The molecule has 1 aromatic carbocycles. The van der Waals surface area contributed by atoms with Gasteiger partial charge in [0.2, 0.25) is 5.95 Å². The first-order valence-electron chi connectivity index (χ1n) is 10.7. The molecule has 0 aliphatic carbocycles. The first-order chi connectivity index (χ1) is 14.4. The lowest BCUT2D eigenvalue weighted by Gasteiger charge is -2.27. The minimum Gasteiger partial charge on any atom is -0.356 e. The third-order valence-electron chi connectivity index (χ3n) is 4.76. The highest BCUT2D eigenvalue weighted by atomic mass is 79.9. The van der Waals surface area contributed by atoms with E-state index in [4.69, 9.17) is 15.7 Å². The molecule has 7 heteroatoms. The van der Waals surface area contributed by atoms with Crippen molar-refractivity contribution in [2.24, 2.45) is 17.6 Å². The van der Waals surface area contributed by atoms with Crippen LogP contribution in [0.15, 0.2) is 40.9 Å². The number of nitrogens with zero attached hydrogens (tertiary/aromatic N) is 4. The van der Waals surface area contributed by atoms with Crippen molar-refractivity contribution in [3.8, 4) is 0 Å². The average Bonchev–Trinajstić information content (AvgIpc) is 3.03. The van der Waals surface area contributed by atoms with Crippen molar-refractivity contribution in [3.63, 3.8) is 0 Å². The normalized spacial score (nSPS) is 11.6. The van der Waals surface area contributed by atoms with Crippen LogP contribution in [0.2, 0.25) is 0 Å². The molecule has 3 aromatic rings. The lowest BCUT2D eigenvalue weighted by molar-refractivity contribution is 0.549. The summed E-state index contributed by atoms with van der Waals surface area (Å²) in [5.41, 5.74) is 8.59. The van der Waals surface area contributed by atoms with E-state index in [0.29, 0.717) is 18.4 Å². The molecule has 2 aromatic heterocycles. The van der Waals surface area contributed by atoms with E-state index in [-0.39, 0.29) is 0 Å². The van der Waals surface area contributed by atoms with Crippen LogP contribution in [0, 0.1) is 11.8 Å². The molecule has 0 aliphatic heterocycles. The summed E-state index contributed by atoms with van der Waals surface area (Å²) < 4.78 is 3.20. The minimum absolute atomic E-state index is 0.568. The monoisotopic (exact) mass is 472 g/mol. The summed E-state index contributed by atoms with van der Waals surface area (Å²) in [6, 6.07) is 12.3. The average molecular weight is 473 g/mol. The van der Waals surface area contributed by atoms with E-state index < -0.39 is 0 Å². The number of hydrogen-bond acceptors (Lipinski definition) is 5. The molecule has 0 saturated carbocycles. The number of anilines is 3. The largest absolute Gasteiger partial charge is 0.356 e. The van der Waals surface area contributed by atoms with Crippen LogP contribution in [0.4, 0.5) is 17.5 Å². The summed E-state index contributed by atoms with van der Waals surface area (Å²) in [5.74, 6) is 2.94. The van der Waals surface area contributed by atoms with Crippen molar-refractivity contribution in [2.75, 3.05) is 29.9 Å². The summed E-state index contributed by atoms with van der Waals surface area (Å²) in [6.07, 6.45) is 0.869. The van der Waals surface area contributed by atoms with Crippen molar-refractivity contribution in [3.05, 3.63) is 40.9 Å². The van der Waals surface area contributed by atoms with Crippen LogP contribution in [0.25, 0.3) is 11.2 Å². The summed E-state index contributed by atoms with van der Waals surface area (Å²) in [5, 5.41) is 3.45. The standard InChI is InChI=1S/C23H33BrN6/c1-16(2)14-29(15-17(3)4)21-11-10-20-22(28-21)30(13-5-12-25)23(27-20)26-19-8-6-18(24)7-9-19/h6-11,16-17H,5,12-15,25H2,1-4H3,(H,26,27). The number of nitrogens with two attached hydrogens (primary N) is 1. The number of benzene rings is 1. The molecular formula is C23H33BrN6. The maximum absolute atomic E-state index is 5.81. The van der Waals surface area contributed by atoms with Crippen LogP contribution in [0.5, 0.6) is 0 Å². The van der Waals surface area contributed by atoms with Crippen molar-refractivity contribution in [1.29, 1.82) is 0 Å². The number of fused-ring (bicyclic) bond motifs is 1. The number of imidazole rings is 1. The van der Waals surface area contributed by atoms with Gasteiger partial charge in [0.25, 0.3) is 0 Å². The Morgan fingerprint density at radius 1 is 1.00 bits per heavy atom. The van der Waals surface area contributed by atoms with Gasteiger partial charge in [-0.25, -0.2) is 9.97 Å². The number of pyridine rings is 1. The van der Waals surface area contributed by atoms with Crippen LogP contribution in [0.3, 0.4) is 0 Å². The topological polar surface area (TPSA) is 72.0 Å². The number of aryl methyl sites for hydroxylation is 1. The fourth-order valence-corrected chi connectivity index (χ4v) is 3.79. The molecule has 3 N–H and O–H groups in total. The van der Waals surface area contributed by atoms with Gasteiger partial charge in [-0.1, -0.05) is 43.6 Å². The van der Waals surface area contributed by atoms with E-state index in [1.165, 1.54) is 0 Å². The SMILES string of the molecule is CC(C)CN(CC(C)C)c1ccc2nc(Nc3ccc(Br)cc3)n(CCCN)c2n1. The van der Waals surface area contributed by atoms with Gasteiger partial charge in [0.1, 0.15) is 11.3 Å². The highest BCUT2D eigenvalue weighted by molar-refractivity contribution is 9.10. The number of hydrogen-bond donors (Lipinski definition) is 2. The van der Waals surface area contributed by atoms with Gasteiger partial charge in [-0.3, -0.25) is 4.57 Å². The van der Waals surface area contributed by atoms with E-state index in [2.05, 4.69) is 70.5 Å². The summed E-state index contributed by atoms with van der Waals surface area (Å²) in [4.78, 5) is 12.3. The lowest BCUT2D eigenvalue weighted by Crippen LogP contribution is -2.32. The molecule has 0 radical (unpaired) electrons. The van der Waals surface area contributed by atoms with E-state index >= 15 is 0 Å². The number of rotatable bonds is 10. The highest BCUT2D eigenvalue weighted by Crippen LogP contribution is 2.26. The molecule has 0 atom stereocenters. The Kier molecular flexibility index (Phi) is 7.72. The quantitative estimate of drug-likeness (QED) is 0.412. The van der Waals surface area contributed by atoms with Crippen LogP contribution < -0.4 is 16.0 Å². The fraction of sp³-hybridized carbons (Fsp3) is 0.478. The lowest BCUT2D eigenvalue weighted by atomic mass is 10.1. The van der Waals surface area contributed by atoms with Gasteiger partial charge in [-0.15, -0.1) is 0 Å². The van der Waals surface area contributed by atoms with Crippen LogP contribution in [-0.4, -0.2) is 34.2 Å². The molecule has 0 unspecified atom stereocenters. The molecule has 0 amide bonds.